The van der Waals surface area contributed by atoms with Gasteiger partial charge in [0.25, 0.3) is 0 Å². The molecule has 0 saturated heterocycles. The van der Waals surface area contributed by atoms with E-state index in [0.29, 0.717) is 29.5 Å². The lowest BCUT2D eigenvalue weighted by Crippen LogP contribution is -2.20. The fraction of sp³-hybridized carbons (Fsp3) is 0.421. The van der Waals surface area contributed by atoms with Gasteiger partial charge in [-0.15, -0.1) is 0 Å². The van der Waals surface area contributed by atoms with E-state index in [1.165, 1.54) is 0 Å². The summed E-state index contributed by atoms with van der Waals surface area (Å²) in [6.07, 6.45) is 2.24. The maximum Gasteiger partial charge on any atom is 0.340 e. The van der Waals surface area contributed by atoms with Crippen LogP contribution in [0.4, 0.5) is 17.3 Å². The monoisotopic (exact) mass is 342 g/mol. The third-order valence-corrected chi connectivity index (χ3v) is 3.75. The molecule has 134 valence electrons. The van der Waals surface area contributed by atoms with E-state index in [1.54, 1.807) is 13.0 Å². The molecule has 0 spiro atoms. The van der Waals surface area contributed by atoms with Crippen LogP contribution in [0.25, 0.3) is 0 Å². The molecule has 0 aliphatic carbocycles. The van der Waals surface area contributed by atoms with Crippen LogP contribution < -0.4 is 10.2 Å². The minimum Gasteiger partial charge on any atom is -0.462 e. The summed E-state index contributed by atoms with van der Waals surface area (Å²) in [5, 5.41) is 3.23. The van der Waals surface area contributed by atoms with E-state index in [2.05, 4.69) is 27.1 Å². The van der Waals surface area contributed by atoms with Gasteiger partial charge in [-0.05, 0) is 32.4 Å². The molecule has 0 radical (unpaired) electrons. The zero-order valence-corrected chi connectivity index (χ0v) is 15.4. The first-order chi connectivity index (χ1) is 12.0. The summed E-state index contributed by atoms with van der Waals surface area (Å²) >= 11 is 0. The van der Waals surface area contributed by atoms with Crippen molar-refractivity contribution in [3.8, 4) is 0 Å². The number of esters is 1. The summed E-state index contributed by atoms with van der Waals surface area (Å²) in [6.45, 7) is 7.09. The smallest absolute Gasteiger partial charge is 0.340 e. The van der Waals surface area contributed by atoms with E-state index < -0.39 is 0 Å². The highest BCUT2D eigenvalue weighted by Crippen LogP contribution is 2.23. The van der Waals surface area contributed by atoms with Gasteiger partial charge in [0.1, 0.15) is 17.5 Å². The molecule has 0 atom stereocenters. The number of nitrogens with one attached hydrogen (secondary N) is 1. The van der Waals surface area contributed by atoms with E-state index in [9.17, 15) is 4.79 Å². The zero-order chi connectivity index (χ0) is 18.2. The molecule has 1 aromatic carbocycles. The molecule has 0 fully saturated rings. The van der Waals surface area contributed by atoms with Gasteiger partial charge in [-0.2, -0.15) is 0 Å². The van der Waals surface area contributed by atoms with Crippen molar-refractivity contribution in [1.29, 1.82) is 0 Å². The van der Waals surface area contributed by atoms with Crippen LogP contribution in [0.1, 0.15) is 42.9 Å². The van der Waals surface area contributed by atoms with Crippen LogP contribution in [0.2, 0.25) is 0 Å². The van der Waals surface area contributed by atoms with Gasteiger partial charge in [0.15, 0.2) is 0 Å². The standard InChI is InChI=1S/C19H26N4O2/c1-5-7-12-23(4)18-13-17(20-14(3)21-18)22-16-11-9-8-10-15(16)19(24)25-6-2/h8-11,13H,5-7,12H2,1-4H3,(H,20,21,22). The Morgan fingerprint density at radius 1 is 1.24 bits per heavy atom. The van der Waals surface area contributed by atoms with Crippen LogP contribution >= 0.6 is 0 Å². The molecule has 0 bridgehead atoms. The Morgan fingerprint density at radius 2 is 2.00 bits per heavy atom. The number of aryl methyl sites for hydroxylation is 1. The molecule has 6 nitrogen and oxygen atoms in total. The Labute approximate surface area is 149 Å². The molecular weight excluding hydrogens is 316 g/mol. The third-order valence-electron chi connectivity index (χ3n) is 3.75. The highest BCUT2D eigenvalue weighted by Gasteiger charge is 2.13. The number of hydrogen-bond acceptors (Lipinski definition) is 6. The molecule has 2 rings (SSSR count). The topological polar surface area (TPSA) is 67.4 Å². The number of ether oxygens (including phenoxy) is 1. The fourth-order valence-corrected chi connectivity index (χ4v) is 2.44. The summed E-state index contributed by atoms with van der Waals surface area (Å²) in [4.78, 5) is 23.2. The van der Waals surface area contributed by atoms with E-state index in [-0.39, 0.29) is 5.97 Å². The maximum absolute atomic E-state index is 12.1. The van der Waals surface area contributed by atoms with E-state index >= 15 is 0 Å². The van der Waals surface area contributed by atoms with Gasteiger partial charge in [-0.1, -0.05) is 25.5 Å². The summed E-state index contributed by atoms with van der Waals surface area (Å²) in [5.41, 5.74) is 1.16. The Kier molecular flexibility index (Phi) is 6.74. The van der Waals surface area contributed by atoms with Crippen LogP contribution in [0.3, 0.4) is 0 Å². The Bertz CT molecular complexity index is 718. The van der Waals surface area contributed by atoms with Crippen molar-refractivity contribution in [2.75, 3.05) is 30.4 Å². The number of nitrogens with zero attached hydrogens (tertiary/aromatic N) is 3. The Hall–Kier alpha value is -2.63. The molecule has 0 saturated carbocycles. The average Bonchev–Trinajstić information content (AvgIpc) is 2.59. The molecule has 2 aromatic rings. The van der Waals surface area contributed by atoms with Crippen molar-refractivity contribution >= 4 is 23.3 Å². The quantitative estimate of drug-likeness (QED) is 0.733. The Balaban J connectivity index is 2.26. The second-order valence-electron chi connectivity index (χ2n) is 5.82. The van der Waals surface area contributed by atoms with Crippen molar-refractivity contribution in [1.82, 2.24) is 9.97 Å². The van der Waals surface area contributed by atoms with Crippen molar-refractivity contribution in [2.45, 2.75) is 33.6 Å². The molecule has 0 aliphatic rings. The molecule has 1 heterocycles. The number of carbonyl (C=O) groups is 1. The van der Waals surface area contributed by atoms with Crippen molar-refractivity contribution in [3.05, 3.63) is 41.7 Å². The molecular formula is C19H26N4O2. The lowest BCUT2D eigenvalue weighted by molar-refractivity contribution is 0.0527. The number of unbranched alkanes of at least 4 members (excludes halogenated alkanes) is 1. The highest BCUT2D eigenvalue weighted by atomic mass is 16.5. The predicted molar refractivity (Wildman–Crippen MR) is 101 cm³/mol. The molecule has 25 heavy (non-hydrogen) atoms. The third kappa shape index (κ3) is 5.17. The van der Waals surface area contributed by atoms with Crippen molar-refractivity contribution in [2.24, 2.45) is 0 Å². The summed E-state index contributed by atoms with van der Waals surface area (Å²) in [5.74, 6) is 1.84. The molecule has 0 aliphatic heterocycles. The zero-order valence-electron chi connectivity index (χ0n) is 15.4. The lowest BCUT2D eigenvalue weighted by Gasteiger charge is -2.19. The second kappa shape index (κ2) is 9.01. The number of anilines is 3. The number of benzene rings is 1. The summed E-state index contributed by atoms with van der Waals surface area (Å²) in [6, 6.07) is 9.15. The molecule has 0 amide bonds. The van der Waals surface area contributed by atoms with Crippen LogP contribution in [0.15, 0.2) is 30.3 Å². The first-order valence-electron chi connectivity index (χ1n) is 8.65. The first kappa shape index (κ1) is 18.7. The van der Waals surface area contributed by atoms with E-state index in [4.69, 9.17) is 4.74 Å². The predicted octanol–water partition coefficient (Wildman–Crippen LogP) is 3.94. The van der Waals surface area contributed by atoms with Gasteiger partial charge in [-0.3, -0.25) is 0 Å². The van der Waals surface area contributed by atoms with Gasteiger partial charge >= 0.3 is 5.97 Å². The minimum atomic E-state index is -0.350. The summed E-state index contributed by atoms with van der Waals surface area (Å²) in [7, 11) is 2.02. The molecule has 0 unspecified atom stereocenters. The number of aromatic nitrogens is 2. The van der Waals surface area contributed by atoms with Crippen molar-refractivity contribution in [3.63, 3.8) is 0 Å². The first-order valence-corrected chi connectivity index (χ1v) is 8.65. The Morgan fingerprint density at radius 3 is 2.72 bits per heavy atom. The SMILES string of the molecule is CCCCN(C)c1cc(Nc2ccccc2C(=O)OCC)nc(C)n1. The number of rotatable bonds is 8. The van der Waals surface area contributed by atoms with Crippen LogP contribution in [0, 0.1) is 6.92 Å². The van der Waals surface area contributed by atoms with Gasteiger partial charge in [0, 0.05) is 19.7 Å². The van der Waals surface area contributed by atoms with Crippen LogP contribution in [-0.2, 0) is 4.74 Å². The largest absolute Gasteiger partial charge is 0.462 e. The summed E-state index contributed by atoms with van der Waals surface area (Å²) < 4.78 is 5.12. The van der Waals surface area contributed by atoms with Gasteiger partial charge in [-0.25, -0.2) is 14.8 Å². The van der Waals surface area contributed by atoms with E-state index in [1.807, 2.05) is 38.2 Å². The number of para-hydroxylation sites is 1. The number of carbonyl (C=O) groups excluding carboxylic acids is 1. The second-order valence-corrected chi connectivity index (χ2v) is 5.82. The minimum absolute atomic E-state index is 0.339. The number of hydrogen-bond donors (Lipinski definition) is 1. The lowest BCUT2D eigenvalue weighted by atomic mass is 10.2. The highest BCUT2D eigenvalue weighted by molar-refractivity contribution is 5.96. The molecule has 6 heteroatoms. The fourth-order valence-electron chi connectivity index (χ4n) is 2.44. The molecule has 1 aromatic heterocycles. The van der Waals surface area contributed by atoms with Crippen LogP contribution in [-0.4, -0.2) is 36.1 Å². The van der Waals surface area contributed by atoms with Gasteiger partial charge in [0.05, 0.1) is 17.9 Å². The van der Waals surface area contributed by atoms with Gasteiger partial charge in [0.2, 0.25) is 0 Å². The van der Waals surface area contributed by atoms with E-state index in [0.717, 1.165) is 25.2 Å². The average molecular weight is 342 g/mol. The van der Waals surface area contributed by atoms with Gasteiger partial charge < -0.3 is 15.0 Å². The van der Waals surface area contributed by atoms with Crippen LogP contribution in [0.5, 0.6) is 0 Å². The normalized spacial score (nSPS) is 10.4. The maximum atomic E-state index is 12.1. The van der Waals surface area contributed by atoms with Crippen molar-refractivity contribution < 1.29 is 9.53 Å². The molecule has 1 N–H and O–H groups in total.